The zero-order valence-electron chi connectivity index (χ0n) is 28.5. The maximum absolute atomic E-state index is 13.7. The fourth-order valence-electron chi connectivity index (χ4n) is 5.96. The molecule has 50 heavy (non-hydrogen) atoms. The van der Waals surface area contributed by atoms with E-state index in [1.54, 1.807) is 12.1 Å². The van der Waals surface area contributed by atoms with Gasteiger partial charge in [0.1, 0.15) is 18.8 Å². The van der Waals surface area contributed by atoms with Crippen molar-refractivity contribution >= 4 is 40.3 Å². The summed E-state index contributed by atoms with van der Waals surface area (Å²) in [6, 6.07) is 39.0. The van der Waals surface area contributed by atoms with E-state index >= 15 is 0 Å². The number of hydrogen-bond donors (Lipinski definition) is 1. The number of carbonyl (C=O) groups excluding carboxylic acids is 2. The van der Waals surface area contributed by atoms with Gasteiger partial charge in [-0.1, -0.05) is 84.9 Å². The largest absolute Gasteiger partial charge is 0.485 e. The maximum Gasteiger partial charge on any atom is 0.410 e. The van der Waals surface area contributed by atoms with Crippen LogP contribution in [0.25, 0.3) is 0 Å². The van der Waals surface area contributed by atoms with Gasteiger partial charge in [0.05, 0.1) is 11.7 Å². The summed E-state index contributed by atoms with van der Waals surface area (Å²) in [5.74, 6) is 1.12. The third-order valence-corrected chi connectivity index (χ3v) is 9.30. The van der Waals surface area contributed by atoms with E-state index in [0.29, 0.717) is 49.7 Å². The normalized spacial score (nSPS) is 14.0. The summed E-state index contributed by atoms with van der Waals surface area (Å²) in [5.41, 5.74) is 5.90. The summed E-state index contributed by atoms with van der Waals surface area (Å²) in [6.07, 6.45) is 0.830. The number of carbonyl (C=O) groups is 2. The van der Waals surface area contributed by atoms with E-state index in [-0.39, 0.29) is 18.0 Å². The molecular weight excluding hydrogens is 739 g/mol. The van der Waals surface area contributed by atoms with Crippen LogP contribution in [0.15, 0.2) is 121 Å². The Labute approximate surface area is 307 Å². The van der Waals surface area contributed by atoms with Crippen molar-refractivity contribution in [3.8, 4) is 11.5 Å². The predicted molar refractivity (Wildman–Crippen MR) is 205 cm³/mol. The number of nitrogens with one attached hydrogen (secondary N) is 1. The third-order valence-electron chi connectivity index (χ3n) is 8.41. The number of halogens is 1. The molecule has 1 atom stereocenters. The first-order valence-electron chi connectivity index (χ1n) is 16.8. The predicted octanol–water partition coefficient (Wildman–Crippen LogP) is 9.78. The molecule has 5 aromatic carbocycles. The van der Waals surface area contributed by atoms with Crippen molar-refractivity contribution in [2.45, 2.75) is 58.5 Å². The molecule has 2 amide bonds. The second-order valence-electron chi connectivity index (χ2n) is 13.3. The van der Waals surface area contributed by atoms with Crippen LogP contribution in [0.1, 0.15) is 65.0 Å². The van der Waals surface area contributed by atoms with E-state index in [4.69, 9.17) is 14.2 Å². The number of benzene rings is 5. The summed E-state index contributed by atoms with van der Waals surface area (Å²) in [5, 5.41) is 3.03. The van der Waals surface area contributed by atoms with E-state index in [2.05, 4.69) is 40.0 Å². The Bertz CT molecular complexity index is 1930. The van der Waals surface area contributed by atoms with Crippen LogP contribution in [-0.4, -0.2) is 29.0 Å². The van der Waals surface area contributed by atoms with Crippen molar-refractivity contribution in [2.24, 2.45) is 0 Å². The lowest BCUT2D eigenvalue weighted by molar-refractivity contribution is 0.0141. The Morgan fingerprint density at radius 1 is 0.760 bits per heavy atom. The number of hydrogen-bond acceptors (Lipinski definition) is 5. The monoisotopic (exact) mass is 780 g/mol. The average molecular weight is 781 g/mol. The van der Waals surface area contributed by atoms with E-state index in [1.165, 1.54) is 0 Å². The SMILES string of the molecule is CC(C)(C)OC(=O)N1CCc2cc(OCc3ccccc3)c(OCc3ccccc3)cc2C1Cc1ccc(NC(=O)c2ccccc2)c(I)c1. The molecule has 0 aromatic heterocycles. The molecule has 0 saturated carbocycles. The Morgan fingerprint density at radius 3 is 1.92 bits per heavy atom. The van der Waals surface area contributed by atoms with Crippen molar-refractivity contribution in [2.75, 3.05) is 11.9 Å². The minimum Gasteiger partial charge on any atom is -0.485 e. The highest BCUT2D eigenvalue weighted by Gasteiger charge is 2.35. The number of ether oxygens (including phenoxy) is 3. The van der Waals surface area contributed by atoms with E-state index < -0.39 is 5.60 Å². The summed E-state index contributed by atoms with van der Waals surface area (Å²) in [7, 11) is 0. The number of rotatable bonds is 10. The number of amides is 2. The van der Waals surface area contributed by atoms with E-state index in [9.17, 15) is 9.59 Å². The maximum atomic E-state index is 13.7. The summed E-state index contributed by atoms with van der Waals surface area (Å²) >= 11 is 2.25. The summed E-state index contributed by atoms with van der Waals surface area (Å²) in [6.45, 7) is 6.92. The number of nitrogens with zero attached hydrogens (tertiary/aromatic N) is 1. The molecule has 0 aliphatic carbocycles. The van der Waals surface area contributed by atoms with Gasteiger partial charge in [-0.3, -0.25) is 4.79 Å². The van der Waals surface area contributed by atoms with Crippen LogP contribution in [0, 0.1) is 3.57 Å². The molecule has 1 aliphatic rings. The van der Waals surface area contributed by atoms with Crippen molar-refractivity contribution in [3.05, 3.63) is 158 Å². The molecule has 1 N–H and O–H groups in total. The zero-order valence-corrected chi connectivity index (χ0v) is 30.7. The highest BCUT2D eigenvalue weighted by molar-refractivity contribution is 14.1. The van der Waals surface area contributed by atoms with Gasteiger partial charge in [0.15, 0.2) is 11.5 Å². The van der Waals surface area contributed by atoms with Crippen LogP contribution >= 0.6 is 22.6 Å². The van der Waals surface area contributed by atoms with Crippen LogP contribution in [0.2, 0.25) is 0 Å². The Balaban J connectivity index is 1.33. The van der Waals surface area contributed by atoms with Crippen molar-refractivity contribution < 1.29 is 23.8 Å². The molecule has 7 nitrogen and oxygen atoms in total. The zero-order chi connectivity index (χ0) is 35.1. The van der Waals surface area contributed by atoms with Gasteiger partial charge in [-0.25, -0.2) is 4.79 Å². The lowest BCUT2D eigenvalue weighted by Crippen LogP contribution is -2.43. The highest BCUT2D eigenvalue weighted by Crippen LogP contribution is 2.41. The quantitative estimate of drug-likeness (QED) is 0.143. The van der Waals surface area contributed by atoms with Crippen LogP contribution in [0.5, 0.6) is 11.5 Å². The fraction of sp³-hybridized carbons (Fsp3) is 0.238. The molecule has 0 bridgehead atoms. The Kier molecular flexibility index (Phi) is 11.1. The molecule has 5 aromatic rings. The van der Waals surface area contributed by atoms with Gasteiger partial charge < -0.3 is 24.4 Å². The molecule has 1 aliphatic heterocycles. The van der Waals surface area contributed by atoms with Gasteiger partial charge >= 0.3 is 6.09 Å². The number of fused-ring (bicyclic) bond motifs is 1. The first kappa shape index (κ1) is 35.0. The highest BCUT2D eigenvalue weighted by atomic mass is 127. The molecule has 0 fully saturated rings. The molecule has 6 rings (SSSR count). The second-order valence-corrected chi connectivity index (χ2v) is 14.5. The lowest BCUT2D eigenvalue weighted by atomic mass is 9.88. The summed E-state index contributed by atoms with van der Waals surface area (Å²) in [4.78, 5) is 28.4. The van der Waals surface area contributed by atoms with Crippen molar-refractivity contribution in [1.29, 1.82) is 0 Å². The Morgan fingerprint density at radius 2 is 1.34 bits per heavy atom. The van der Waals surface area contributed by atoms with Crippen LogP contribution < -0.4 is 14.8 Å². The van der Waals surface area contributed by atoms with Gasteiger partial charge in [-0.05, 0) is 120 Å². The molecule has 1 unspecified atom stereocenters. The number of anilines is 1. The van der Waals surface area contributed by atoms with Crippen molar-refractivity contribution in [3.63, 3.8) is 0 Å². The van der Waals surface area contributed by atoms with Crippen LogP contribution in [0.4, 0.5) is 10.5 Å². The Hall–Kier alpha value is -4.83. The molecular formula is C42H41IN2O5. The van der Waals surface area contributed by atoms with Crippen molar-refractivity contribution in [1.82, 2.24) is 4.90 Å². The smallest absolute Gasteiger partial charge is 0.410 e. The molecule has 256 valence electrons. The molecule has 1 heterocycles. The minimum absolute atomic E-state index is 0.165. The van der Waals surface area contributed by atoms with Gasteiger partial charge in [0.2, 0.25) is 0 Å². The van der Waals surface area contributed by atoms with Gasteiger partial charge in [-0.2, -0.15) is 0 Å². The fourth-order valence-corrected chi connectivity index (χ4v) is 6.67. The van der Waals surface area contributed by atoms with Crippen LogP contribution in [-0.2, 0) is 30.8 Å². The van der Waals surface area contributed by atoms with Gasteiger partial charge in [0, 0.05) is 15.7 Å². The first-order valence-corrected chi connectivity index (χ1v) is 17.9. The van der Waals surface area contributed by atoms with E-state index in [0.717, 1.165) is 37.1 Å². The molecule has 0 saturated heterocycles. The van der Waals surface area contributed by atoms with Gasteiger partial charge in [0.25, 0.3) is 5.91 Å². The molecule has 0 spiro atoms. The van der Waals surface area contributed by atoms with Crippen LogP contribution in [0.3, 0.4) is 0 Å². The molecule has 8 heteroatoms. The molecule has 0 radical (unpaired) electrons. The second kappa shape index (κ2) is 15.8. The van der Waals surface area contributed by atoms with E-state index in [1.807, 2.05) is 123 Å². The third kappa shape index (κ3) is 9.04. The summed E-state index contributed by atoms with van der Waals surface area (Å²) < 4.78 is 19.7. The lowest BCUT2D eigenvalue weighted by Gasteiger charge is -2.38. The topological polar surface area (TPSA) is 77.1 Å². The minimum atomic E-state index is -0.644. The van der Waals surface area contributed by atoms with Gasteiger partial charge in [-0.15, -0.1) is 0 Å². The standard InChI is InChI=1S/C42H41IN2O5/c1-42(2,3)50-41(47)45-22-21-33-25-38(48-27-29-13-7-4-8-14-29)39(49-28-30-15-9-5-10-16-30)26-34(33)37(45)24-31-19-20-36(35(43)23-31)44-40(46)32-17-11-6-12-18-32/h4-20,23,25-26,37H,21-22,24,27-28H2,1-3H3,(H,44,46). The first-order chi connectivity index (χ1) is 24.1. The average Bonchev–Trinajstić information content (AvgIpc) is 3.11.